The molecule has 4 aromatic rings. The number of nitrogens with zero attached hydrogens (tertiary/aromatic N) is 5. The van der Waals surface area contributed by atoms with Gasteiger partial charge in [0.05, 0.1) is 17.4 Å². The number of aromatic nitrogens is 4. The Bertz CT molecular complexity index is 1270. The first kappa shape index (κ1) is 20.6. The predicted octanol–water partition coefficient (Wildman–Crippen LogP) is 5.07. The number of pyridine rings is 2. The van der Waals surface area contributed by atoms with Gasteiger partial charge in [0.15, 0.2) is 11.5 Å². The van der Waals surface area contributed by atoms with Crippen LogP contribution in [-0.2, 0) is 11.2 Å². The van der Waals surface area contributed by atoms with Crippen LogP contribution in [0, 0.1) is 6.92 Å². The summed E-state index contributed by atoms with van der Waals surface area (Å²) in [6.07, 6.45) is 4.79. The van der Waals surface area contributed by atoms with Crippen LogP contribution in [-0.4, -0.2) is 37.1 Å². The Balaban J connectivity index is 1.40. The molecular weight excluding hydrogens is 422 g/mol. The number of amides is 1. The Labute approximate surface area is 191 Å². The van der Waals surface area contributed by atoms with E-state index >= 15 is 0 Å². The zero-order valence-corrected chi connectivity index (χ0v) is 18.7. The highest BCUT2D eigenvalue weighted by atomic mass is 35.5. The summed E-state index contributed by atoms with van der Waals surface area (Å²) >= 11 is 6.08. The molecule has 3 aromatic heterocycles. The Morgan fingerprint density at radius 3 is 2.88 bits per heavy atom. The summed E-state index contributed by atoms with van der Waals surface area (Å²) in [6, 6.07) is 17.5. The van der Waals surface area contributed by atoms with Gasteiger partial charge in [-0.05, 0) is 68.1 Å². The van der Waals surface area contributed by atoms with E-state index in [1.807, 2.05) is 60.4 Å². The number of fused-ring (bicyclic) bond motifs is 1. The highest BCUT2D eigenvalue weighted by Gasteiger charge is 2.31. The zero-order valence-electron chi connectivity index (χ0n) is 17.9. The molecule has 0 unspecified atom stereocenters. The molecule has 0 aliphatic carbocycles. The zero-order chi connectivity index (χ0) is 22.1. The minimum atomic E-state index is -0.0151. The van der Waals surface area contributed by atoms with Crippen molar-refractivity contribution in [3.63, 3.8) is 0 Å². The summed E-state index contributed by atoms with van der Waals surface area (Å²) in [5.41, 5.74) is 3.67. The number of rotatable bonds is 5. The lowest BCUT2D eigenvalue weighted by atomic mass is 10.1. The first-order valence-electron chi connectivity index (χ1n) is 10.9. The molecule has 0 bridgehead atoms. The molecule has 0 spiro atoms. The molecule has 7 heteroatoms. The van der Waals surface area contributed by atoms with Crippen LogP contribution in [0.1, 0.15) is 42.3 Å². The van der Waals surface area contributed by atoms with Crippen LogP contribution in [0.5, 0.6) is 0 Å². The number of hydrogen-bond acceptors (Lipinski definition) is 4. The fraction of sp³-hybridized carbons (Fsp3) is 0.280. The maximum absolute atomic E-state index is 13.1. The lowest BCUT2D eigenvalue weighted by Gasteiger charge is -2.24. The number of likely N-dealkylation sites (tertiary alicyclic amines) is 1. The molecular formula is C25H24ClN5O. The Hall–Kier alpha value is -3.25. The van der Waals surface area contributed by atoms with E-state index in [9.17, 15) is 4.79 Å². The third-order valence-corrected chi connectivity index (χ3v) is 6.27. The van der Waals surface area contributed by atoms with Crippen LogP contribution >= 0.6 is 11.6 Å². The average molecular weight is 446 g/mol. The molecule has 1 aliphatic rings. The molecule has 0 radical (unpaired) electrons. The molecule has 32 heavy (non-hydrogen) atoms. The number of carbonyl (C=O) groups excluding carboxylic acids is 1. The molecule has 0 saturated carbocycles. The van der Waals surface area contributed by atoms with Crippen molar-refractivity contribution in [3.05, 3.63) is 82.8 Å². The van der Waals surface area contributed by atoms with E-state index in [0.717, 1.165) is 53.2 Å². The van der Waals surface area contributed by atoms with Gasteiger partial charge in [-0.15, -0.1) is 0 Å². The lowest BCUT2D eigenvalue weighted by molar-refractivity contribution is -0.132. The van der Waals surface area contributed by atoms with Crippen molar-refractivity contribution in [1.82, 2.24) is 24.6 Å². The van der Waals surface area contributed by atoms with E-state index in [2.05, 4.69) is 16.1 Å². The quantitative estimate of drug-likeness (QED) is 0.430. The first-order valence-corrected chi connectivity index (χ1v) is 11.3. The number of benzene rings is 1. The monoisotopic (exact) mass is 445 g/mol. The van der Waals surface area contributed by atoms with E-state index in [1.54, 1.807) is 10.9 Å². The van der Waals surface area contributed by atoms with Crippen molar-refractivity contribution in [2.24, 2.45) is 0 Å². The summed E-state index contributed by atoms with van der Waals surface area (Å²) < 4.78 is 1.79. The molecule has 1 aliphatic heterocycles. The van der Waals surface area contributed by atoms with Crippen LogP contribution < -0.4 is 0 Å². The van der Waals surface area contributed by atoms with Gasteiger partial charge in [-0.25, -0.2) is 9.97 Å². The van der Waals surface area contributed by atoms with Crippen molar-refractivity contribution in [3.8, 4) is 5.82 Å². The number of halogens is 1. The first-order chi connectivity index (χ1) is 15.6. The van der Waals surface area contributed by atoms with E-state index < -0.39 is 0 Å². The number of hydrogen-bond donors (Lipinski definition) is 0. The van der Waals surface area contributed by atoms with E-state index in [4.69, 9.17) is 16.6 Å². The van der Waals surface area contributed by atoms with Crippen molar-refractivity contribution in [1.29, 1.82) is 0 Å². The topological polar surface area (TPSA) is 63.9 Å². The molecule has 0 N–H and O–H groups in total. The summed E-state index contributed by atoms with van der Waals surface area (Å²) in [4.78, 5) is 24.5. The summed E-state index contributed by atoms with van der Waals surface area (Å²) in [5, 5.41) is 6.35. The maximum atomic E-state index is 13.1. The molecule has 1 atom stereocenters. The molecule has 5 rings (SSSR count). The Morgan fingerprint density at radius 2 is 2.06 bits per heavy atom. The largest absolute Gasteiger partial charge is 0.334 e. The SMILES string of the molecule is Cc1nn(-c2ccccn2)c2nc([C@H]3CCCN3C(=O)CCc3cccc(Cl)c3)ccc12. The van der Waals surface area contributed by atoms with Crippen LogP contribution in [0.15, 0.2) is 60.8 Å². The summed E-state index contributed by atoms with van der Waals surface area (Å²) in [6.45, 7) is 2.74. The third kappa shape index (κ3) is 3.98. The van der Waals surface area contributed by atoms with Gasteiger partial charge in [0.25, 0.3) is 0 Å². The van der Waals surface area contributed by atoms with Gasteiger partial charge in [-0.3, -0.25) is 4.79 Å². The van der Waals surface area contributed by atoms with Crippen LogP contribution in [0.25, 0.3) is 16.9 Å². The predicted molar refractivity (Wildman–Crippen MR) is 125 cm³/mol. The van der Waals surface area contributed by atoms with Crippen molar-refractivity contribution >= 4 is 28.5 Å². The minimum Gasteiger partial charge on any atom is -0.334 e. The van der Waals surface area contributed by atoms with Crippen molar-refractivity contribution in [2.75, 3.05) is 6.54 Å². The fourth-order valence-corrected chi connectivity index (χ4v) is 4.66. The van der Waals surface area contributed by atoms with Crippen LogP contribution in [0.3, 0.4) is 0 Å². The Kier molecular flexibility index (Phi) is 5.62. The van der Waals surface area contributed by atoms with Gasteiger partial charge < -0.3 is 4.90 Å². The third-order valence-electron chi connectivity index (χ3n) is 6.03. The minimum absolute atomic E-state index is 0.0151. The molecule has 6 nitrogen and oxygen atoms in total. The lowest BCUT2D eigenvalue weighted by Crippen LogP contribution is -2.31. The highest BCUT2D eigenvalue weighted by molar-refractivity contribution is 6.30. The number of carbonyl (C=O) groups is 1. The normalized spacial score (nSPS) is 16.1. The summed E-state index contributed by atoms with van der Waals surface area (Å²) in [7, 11) is 0. The van der Waals surface area contributed by atoms with E-state index in [0.29, 0.717) is 17.9 Å². The number of aryl methyl sites for hydroxylation is 2. The highest BCUT2D eigenvalue weighted by Crippen LogP contribution is 2.33. The molecule has 162 valence electrons. The van der Waals surface area contributed by atoms with Gasteiger partial charge in [0, 0.05) is 29.6 Å². The fourth-order valence-electron chi connectivity index (χ4n) is 4.44. The average Bonchev–Trinajstić information content (AvgIpc) is 3.43. The van der Waals surface area contributed by atoms with Gasteiger partial charge >= 0.3 is 0 Å². The smallest absolute Gasteiger partial charge is 0.223 e. The van der Waals surface area contributed by atoms with E-state index in [-0.39, 0.29) is 11.9 Å². The van der Waals surface area contributed by atoms with Crippen molar-refractivity contribution in [2.45, 2.75) is 38.6 Å². The second-order valence-electron chi connectivity index (χ2n) is 8.17. The standard InChI is InChI=1S/C25H24ClN5O/c1-17-20-11-12-21(28-25(20)31(29-17)23-9-2-3-14-27-23)22-8-5-15-30(22)24(32)13-10-18-6-4-7-19(26)16-18/h2-4,6-7,9,11-12,14,16,22H,5,8,10,13,15H2,1H3/t22-/m1/s1. The molecule has 4 heterocycles. The van der Waals surface area contributed by atoms with Crippen LogP contribution in [0.2, 0.25) is 5.02 Å². The van der Waals surface area contributed by atoms with Crippen LogP contribution in [0.4, 0.5) is 0 Å². The second kappa shape index (κ2) is 8.71. The molecule has 1 aromatic carbocycles. The van der Waals surface area contributed by atoms with Gasteiger partial charge in [0.1, 0.15) is 0 Å². The maximum Gasteiger partial charge on any atom is 0.223 e. The molecule has 1 saturated heterocycles. The molecule has 1 fully saturated rings. The van der Waals surface area contributed by atoms with E-state index in [1.165, 1.54) is 0 Å². The molecule has 1 amide bonds. The summed E-state index contributed by atoms with van der Waals surface area (Å²) in [5.74, 6) is 0.889. The van der Waals surface area contributed by atoms with Gasteiger partial charge in [-0.2, -0.15) is 9.78 Å². The van der Waals surface area contributed by atoms with Crippen molar-refractivity contribution < 1.29 is 4.79 Å². The Morgan fingerprint density at radius 1 is 1.16 bits per heavy atom. The van der Waals surface area contributed by atoms with Gasteiger partial charge in [-0.1, -0.05) is 29.8 Å². The van der Waals surface area contributed by atoms with Gasteiger partial charge in [0.2, 0.25) is 5.91 Å². The second-order valence-corrected chi connectivity index (χ2v) is 8.60.